The van der Waals surface area contributed by atoms with Gasteiger partial charge < -0.3 is 19.5 Å². The Kier molecular flexibility index (Phi) is 6.15. The van der Waals surface area contributed by atoms with Gasteiger partial charge in [-0.2, -0.15) is 0 Å². The molecule has 1 aliphatic heterocycles. The summed E-state index contributed by atoms with van der Waals surface area (Å²) < 4.78 is 16.5. The standard InChI is InChI=1S/C16H25NO3/c1-3-8-17-15-12-20-16-11-13(6-7-14(15)16)19-10-5-4-9-18-2/h6-7,11,15,17H,3-5,8-10,12H2,1-2H3. The van der Waals surface area contributed by atoms with Gasteiger partial charge in [0, 0.05) is 25.3 Å². The molecule has 1 atom stereocenters. The van der Waals surface area contributed by atoms with Gasteiger partial charge in [-0.3, -0.25) is 0 Å². The van der Waals surface area contributed by atoms with Crippen molar-refractivity contribution in [2.75, 3.05) is 33.5 Å². The van der Waals surface area contributed by atoms with Crippen molar-refractivity contribution in [3.8, 4) is 11.5 Å². The van der Waals surface area contributed by atoms with E-state index in [1.807, 2.05) is 12.1 Å². The van der Waals surface area contributed by atoms with Crippen molar-refractivity contribution in [2.45, 2.75) is 32.2 Å². The van der Waals surface area contributed by atoms with E-state index in [0.29, 0.717) is 12.6 Å². The van der Waals surface area contributed by atoms with Crippen molar-refractivity contribution in [3.63, 3.8) is 0 Å². The largest absolute Gasteiger partial charge is 0.493 e. The first-order valence-corrected chi connectivity index (χ1v) is 7.47. The van der Waals surface area contributed by atoms with Crippen molar-refractivity contribution in [2.24, 2.45) is 0 Å². The fourth-order valence-corrected chi connectivity index (χ4v) is 2.31. The number of hydrogen-bond acceptors (Lipinski definition) is 4. The van der Waals surface area contributed by atoms with Crippen molar-refractivity contribution in [1.82, 2.24) is 5.32 Å². The third-order valence-electron chi connectivity index (χ3n) is 3.42. The molecule has 2 rings (SSSR count). The van der Waals surface area contributed by atoms with Gasteiger partial charge in [0.2, 0.25) is 0 Å². The maximum Gasteiger partial charge on any atom is 0.127 e. The molecule has 4 nitrogen and oxygen atoms in total. The normalized spacial score (nSPS) is 16.8. The van der Waals surface area contributed by atoms with Crippen LogP contribution in [0.1, 0.15) is 37.8 Å². The Bertz CT molecular complexity index is 409. The number of ether oxygens (including phenoxy) is 3. The van der Waals surface area contributed by atoms with E-state index in [9.17, 15) is 0 Å². The van der Waals surface area contributed by atoms with Crippen LogP contribution < -0.4 is 14.8 Å². The Labute approximate surface area is 121 Å². The van der Waals surface area contributed by atoms with E-state index in [4.69, 9.17) is 14.2 Å². The third kappa shape index (κ3) is 4.12. The van der Waals surface area contributed by atoms with Crippen LogP contribution in [0.25, 0.3) is 0 Å². The molecule has 0 bridgehead atoms. The highest BCUT2D eigenvalue weighted by molar-refractivity contribution is 5.45. The van der Waals surface area contributed by atoms with E-state index in [-0.39, 0.29) is 0 Å². The van der Waals surface area contributed by atoms with Crippen LogP contribution in [0, 0.1) is 0 Å². The number of rotatable bonds is 9. The fraction of sp³-hybridized carbons (Fsp3) is 0.625. The lowest BCUT2D eigenvalue weighted by atomic mass is 10.1. The molecule has 20 heavy (non-hydrogen) atoms. The Hall–Kier alpha value is -1.26. The average molecular weight is 279 g/mol. The smallest absolute Gasteiger partial charge is 0.127 e. The number of methoxy groups -OCH3 is 1. The SMILES string of the molecule is CCCNC1COc2cc(OCCCCOC)ccc21. The second kappa shape index (κ2) is 8.12. The van der Waals surface area contributed by atoms with E-state index in [1.54, 1.807) is 7.11 Å². The fourth-order valence-electron chi connectivity index (χ4n) is 2.31. The van der Waals surface area contributed by atoms with Crippen LogP contribution >= 0.6 is 0 Å². The molecule has 1 heterocycles. The van der Waals surface area contributed by atoms with Crippen molar-refractivity contribution in [1.29, 1.82) is 0 Å². The van der Waals surface area contributed by atoms with Crippen LogP contribution in [0.5, 0.6) is 11.5 Å². The third-order valence-corrected chi connectivity index (χ3v) is 3.42. The summed E-state index contributed by atoms with van der Waals surface area (Å²) in [6, 6.07) is 6.46. The first kappa shape index (κ1) is 15.1. The molecule has 0 aliphatic carbocycles. The van der Waals surface area contributed by atoms with E-state index >= 15 is 0 Å². The molecule has 1 aromatic carbocycles. The summed E-state index contributed by atoms with van der Waals surface area (Å²) in [7, 11) is 1.72. The maximum atomic E-state index is 5.74. The van der Waals surface area contributed by atoms with Gasteiger partial charge in [-0.1, -0.05) is 6.92 Å². The Morgan fingerprint density at radius 1 is 1.30 bits per heavy atom. The Morgan fingerprint density at radius 3 is 2.95 bits per heavy atom. The van der Waals surface area contributed by atoms with Crippen LogP contribution in [0.15, 0.2) is 18.2 Å². The first-order valence-electron chi connectivity index (χ1n) is 7.47. The number of nitrogens with one attached hydrogen (secondary N) is 1. The lowest BCUT2D eigenvalue weighted by Gasteiger charge is -2.11. The first-order chi connectivity index (χ1) is 9.85. The quantitative estimate of drug-likeness (QED) is 0.706. The van der Waals surface area contributed by atoms with Crippen LogP contribution in [0.4, 0.5) is 0 Å². The molecule has 0 aromatic heterocycles. The Morgan fingerprint density at radius 2 is 2.15 bits per heavy atom. The van der Waals surface area contributed by atoms with Gasteiger partial charge in [-0.15, -0.1) is 0 Å². The molecule has 0 fully saturated rings. The van der Waals surface area contributed by atoms with Crippen molar-refractivity contribution >= 4 is 0 Å². The minimum absolute atomic E-state index is 0.320. The molecule has 0 saturated carbocycles. The Balaban J connectivity index is 1.83. The molecule has 0 spiro atoms. The molecule has 112 valence electrons. The van der Waals surface area contributed by atoms with Gasteiger partial charge in [0.1, 0.15) is 18.1 Å². The summed E-state index contributed by atoms with van der Waals surface area (Å²) in [5.74, 6) is 1.84. The van der Waals surface area contributed by atoms with E-state index in [1.165, 1.54) is 5.56 Å². The predicted molar refractivity (Wildman–Crippen MR) is 79.6 cm³/mol. The molecule has 1 aliphatic rings. The van der Waals surface area contributed by atoms with Gasteiger partial charge in [0.25, 0.3) is 0 Å². The highest BCUT2D eigenvalue weighted by atomic mass is 16.5. The lowest BCUT2D eigenvalue weighted by Crippen LogP contribution is -2.22. The zero-order valence-corrected chi connectivity index (χ0v) is 12.5. The summed E-state index contributed by atoms with van der Waals surface area (Å²) in [6.45, 7) is 5.42. The molecule has 1 N–H and O–H groups in total. The summed E-state index contributed by atoms with van der Waals surface area (Å²) in [6.07, 6.45) is 3.17. The highest BCUT2D eigenvalue weighted by Gasteiger charge is 2.23. The number of unbranched alkanes of at least 4 members (excludes halogenated alkanes) is 1. The highest BCUT2D eigenvalue weighted by Crippen LogP contribution is 2.35. The summed E-state index contributed by atoms with van der Waals surface area (Å²) in [4.78, 5) is 0. The lowest BCUT2D eigenvalue weighted by molar-refractivity contribution is 0.184. The van der Waals surface area contributed by atoms with Gasteiger partial charge in [0.15, 0.2) is 0 Å². The van der Waals surface area contributed by atoms with E-state index in [0.717, 1.165) is 50.5 Å². The maximum absolute atomic E-state index is 5.74. The van der Waals surface area contributed by atoms with E-state index < -0.39 is 0 Å². The second-order valence-electron chi connectivity index (χ2n) is 5.07. The molecule has 0 saturated heterocycles. The monoisotopic (exact) mass is 279 g/mol. The van der Waals surface area contributed by atoms with Crippen LogP contribution in [-0.2, 0) is 4.74 Å². The summed E-state index contributed by atoms with van der Waals surface area (Å²) >= 11 is 0. The van der Waals surface area contributed by atoms with Crippen LogP contribution in [0.3, 0.4) is 0 Å². The summed E-state index contributed by atoms with van der Waals surface area (Å²) in [5.41, 5.74) is 1.24. The van der Waals surface area contributed by atoms with Crippen LogP contribution in [0.2, 0.25) is 0 Å². The van der Waals surface area contributed by atoms with Gasteiger partial charge in [0.05, 0.1) is 12.6 Å². The predicted octanol–water partition coefficient (Wildman–Crippen LogP) is 2.93. The topological polar surface area (TPSA) is 39.7 Å². The van der Waals surface area contributed by atoms with Crippen molar-refractivity contribution in [3.05, 3.63) is 23.8 Å². The zero-order chi connectivity index (χ0) is 14.2. The second-order valence-corrected chi connectivity index (χ2v) is 5.07. The number of fused-ring (bicyclic) bond motifs is 1. The molecule has 4 heteroatoms. The summed E-state index contributed by atoms with van der Waals surface area (Å²) in [5, 5.41) is 3.49. The molecule has 0 amide bonds. The van der Waals surface area contributed by atoms with Crippen LogP contribution in [-0.4, -0.2) is 33.5 Å². The minimum Gasteiger partial charge on any atom is -0.493 e. The molecular formula is C16H25NO3. The van der Waals surface area contributed by atoms with Gasteiger partial charge in [-0.25, -0.2) is 0 Å². The zero-order valence-electron chi connectivity index (χ0n) is 12.5. The number of hydrogen-bond donors (Lipinski definition) is 1. The van der Waals surface area contributed by atoms with Crippen molar-refractivity contribution < 1.29 is 14.2 Å². The minimum atomic E-state index is 0.320. The molecule has 1 unspecified atom stereocenters. The molecule has 1 aromatic rings. The average Bonchev–Trinajstić information content (AvgIpc) is 2.87. The van der Waals surface area contributed by atoms with Gasteiger partial charge >= 0.3 is 0 Å². The van der Waals surface area contributed by atoms with E-state index in [2.05, 4.69) is 18.3 Å². The van der Waals surface area contributed by atoms with Gasteiger partial charge in [-0.05, 0) is 37.9 Å². The molecular weight excluding hydrogens is 254 g/mol. The molecule has 0 radical (unpaired) electrons. The number of benzene rings is 1.